The molecule has 0 aliphatic heterocycles. The maximum absolute atomic E-state index is 4.69. The first-order valence-electron chi connectivity index (χ1n) is 19.0. The fourth-order valence-corrected chi connectivity index (χ4v) is 8.95. The molecule has 0 unspecified atom stereocenters. The van der Waals surface area contributed by atoms with E-state index in [2.05, 4.69) is 189 Å². The van der Waals surface area contributed by atoms with Crippen LogP contribution in [0.2, 0.25) is 0 Å². The first-order chi connectivity index (χ1) is 27.2. The zero-order chi connectivity index (χ0) is 36.5. The quantitative estimate of drug-likeness (QED) is 0.167. The molecule has 1 nitrogen and oxygen atoms in total. The number of rotatable bonds is 4. The van der Waals surface area contributed by atoms with Crippen LogP contribution in [0.25, 0.3) is 109 Å². The zero-order valence-corrected chi connectivity index (χ0v) is 30.4. The van der Waals surface area contributed by atoms with E-state index in [9.17, 15) is 0 Å². The van der Waals surface area contributed by atoms with Crippen molar-refractivity contribution in [3.63, 3.8) is 0 Å². The van der Waals surface area contributed by atoms with Gasteiger partial charge in [0, 0.05) is 17.1 Å². The first kappa shape index (κ1) is 31.4. The van der Waals surface area contributed by atoms with Gasteiger partial charge in [0.15, 0.2) is 0 Å². The number of hydrogen-bond acceptors (Lipinski definition) is 1. The Hall–Kier alpha value is -7.09. The zero-order valence-electron chi connectivity index (χ0n) is 30.4. The number of para-hydroxylation sites is 1. The van der Waals surface area contributed by atoms with Crippen molar-refractivity contribution in [3.8, 4) is 44.5 Å². The second kappa shape index (κ2) is 12.5. The second-order valence-corrected chi connectivity index (χ2v) is 14.7. The number of fused-ring (bicyclic) bond motifs is 8. The Morgan fingerprint density at radius 2 is 0.855 bits per heavy atom. The van der Waals surface area contributed by atoms with Crippen molar-refractivity contribution >= 4 is 64.8 Å². The number of aromatic nitrogens is 1. The van der Waals surface area contributed by atoms with Crippen LogP contribution in [0.1, 0.15) is 5.56 Å². The Bertz CT molecular complexity index is 3320. The molecule has 0 radical (unpaired) electrons. The summed E-state index contributed by atoms with van der Waals surface area (Å²) in [4.78, 5) is 4.69. The van der Waals surface area contributed by atoms with E-state index in [-0.39, 0.29) is 0 Å². The van der Waals surface area contributed by atoms with Crippen LogP contribution in [-0.2, 0) is 0 Å². The summed E-state index contributed by atoms with van der Waals surface area (Å²) in [7, 11) is 0. The summed E-state index contributed by atoms with van der Waals surface area (Å²) in [6.45, 7) is 2.23. The Morgan fingerprint density at radius 1 is 0.309 bits per heavy atom. The van der Waals surface area contributed by atoms with Crippen molar-refractivity contribution < 1.29 is 0 Å². The Balaban J connectivity index is 1.02. The smallest absolute Gasteiger partial charge is 0.0702 e. The average molecular weight is 698 g/mol. The molecule has 11 rings (SSSR count). The molecular formula is C54H35N. The van der Waals surface area contributed by atoms with Crippen LogP contribution in [0.15, 0.2) is 194 Å². The highest BCUT2D eigenvalue weighted by Gasteiger charge is 2.16. The fraction of sp³-hybridized carbons (Fsp3) is 0.0185. The van der Waals surface area contributed by atoms with Crippen molar-refractivity contribution in [2.75, 3.05) is 0 Å². The minimum absolute atomic E-state index is 1.02. The van der Waals surface area contributed by atoms with E-state index in [1.807, 2.05) is 12.3 Å². The SMILES string of the molecule is Cc1cccc2ccc3cccc(-c4cccc5ccc6cc(-c7ccc(-c8ccc(-c9cnc%10ccccc%10c9)cc8)c8ccccc78)ccc6c45)c3c12. The molecule has 1 heterocycles. The summed E-state index contributed by atoms with van der Waals surface area (Å²) in [5, 5.41) is 13.9. The van der Waals surface area contributed by atoms with Gasteiger partial charge in [-0.1, -0.05) is 170 Å². The topological polar surface area (TPSA) is 12.9 Å². The van der Waals surface area contributed by atoms with Gasteiger partial charge in [0.25, 0.3) is 0 Å². The molecule has 256 valence electrons. The lowest BCUT2D eigenvalue weighted by Crippen LogP contribution is -1.89. The maximum Gasteiger partial charge on any atom is 0.0702 e. The van der Waals surface area contributed by atoms with Gasteiger partial charge in [0.2, 0.25) is 0 Å². The molecule has 0 atom stereocenters. The highest BCUT2D eigenvalue weighted by atomic mass is 14.6. The molecule has 11 aromatic rings. The normalized spacial score (nSPS) is 11.7. The van der Waals surface area contributed by atoms with Crippen LogP contribution in [0.5, 0.6) is 0 Å². The van der Waals surface area contributed by atoms with Crippen molar-refractivity contribution in [1.29, 1.82) is 0 Å². The lowest BCUT2D eigenvalue weighted by atomic mass is 9.87. The standard InChI is InChI=1S/C54H35N/c1-34-9-6-11-37-23-24-39-13-8-17-50(54(39)52(34)37)49-16-7-12-38-25-26-41-31-40(27-28-46(41)53(38)49)45-30-29-44(47-14-3-4-15-48(45)47)36-21-19-35(20-22-36)43-32-42-10-2-5-18-51(42)55-33-43/h2-33H,1H3. The lowest BCUT2D eigenvalue weighted by Gasteiger charge is -2.16. The monoisotopic (exact) mass is 697 g/mol. The van der Waals surface area contributed by atoms with Crippen LogP contribution < -0.4 is 0 Å². The van der Waals surface area contributed by atoms with Gasteiger partial charge in [-0.05, 0) is 123 Å². The average Bonchev–Trinajstić information content (AvgIpc) is 3.25. The molecule has 0 amide bonds. The molecule has 1 aromatic heterocycles. The maximum atomic E-state index is 4.69. The predicted octanol–water partition coefficient (Wildman–Crippen LogP) is 15.0. The molecule has 0 aliphatic carbocycles. The summed E-state index contributed by atoms with van der Waals surface area (Å²) >= 11 is 0. The molecule has 0 fully saturated rings. The highest BCUT2D eigenvalue weighted by Crippen LogP contribution is 2.43. The summed E-state index contributed by atoms with van der Waals surface area (Å²) < 4.78 is 0. The number of nitrogens with zero attached hydrogens (tertiary/aromatic N) is 1. The van der Waals surface area contributed by atoms with Gasteiger partial charge in [-0.15, -0.1) is 0 Å². The second-order valence-electron chi connectivity index (χ2n) is 14.7. The van der Waals surface area contributed by atoms with E-state index in [1.54, 1.807) is 0 Å². The first-order valence-corrected chi connectivity index (χ1v) is 19.0. The van der Waals surface area contributed by atoms with E-state index in [0.29, 0.717) is 0 Å². The van der Waals surface area contributed by atoms with Crippen molar-refractivity contribution in [2.45, 2.75) is 6.92 Å². The third kappa shape index (κ3) is 5.12. The highest BCUT2D eigenvalue weighted by molar-refractivity contribution is 6.22. The minimum atomic E-state index is 1.02. The van der Waals surface area contributed by atoms with Gasteiger partial charge in [0.05, 0.1) is 5.52 Å². The van der Waals surface area contributed by atoms with Crippen molar-refractivity contribution in [1.82, 2.24) is 4.98 Å². The summed E-state index contributed by atoms with van der Waals surface area (Å²) in [5.74, 6) is 0. The van der Waals surface area contributed by atoms with Crippen LogP contribution >= 0.6 is 0 Å². The largest absolute Gasteiger partial charge is 0.256 e. The molecule has 0 spiro atoms. The third-order valence-electron chi connectivity index (χ3n) is 11.6. The lowest BCUT2D eigenvalue weighted by molar-refractivity contribution is 1.41. The van der Waals surface area contributed by atoms with Crippen LogP contribution in [0.4, 0.5) is 0 Å². The van der Waals surface area contributed by atoms with Crippen LogP contribution in [0.3, 0.4) is 0 Å². The van der Waals surface area contributed by atoms with E-state index in [1.165, 1.54) is 98.4 Å². The Morgan fingerprint density at radius 3 is 1.62 bits per heavy atom. The number of hydrogen-bond donors (Lipinski definition) is 0. The number of benzene rings is 10. The van der Waals surface area contributed by atoms with Gasteiger partial charge in [-0.2, -0.15) is 0 Å². The van der Waals surface area contributed by atoms with Crippen molar-refractivity contribution in [2.24, 2.45) is 0 Å². The van der Waals surface area contributed by atoms with Gasteiger partial charge in [0.1, 0.15) is 0 Å². The number of aryl methyl sites for hydroxylation is 1. The van der Waals surface area contributed by atoms with Gasteiger partial charge >= 0.3 is 0 Å². The van der Waals surface area contributed by atoms with Crippen molar-refractivity contribution in [3.05, 3.63) is 200 Å². The fourth-order valence-electron chi connectivity index (χ4n) is 8.95. The Kier molecular flexibility index (Phi) is 7.15. The van der Waals surface area contributed by atoms with E-state index >= 15 is 0 Å². The van der Waals surface area contributed by atoms with E-state index in [4.69, 9.17) is 4.98 Å². The van der Waals surface area contributed by atoms with E-state index in [0.717, 1.165) is 16.5 Å². The molecule has 55 heavy (non-hydrogen) atoms. The summed E-state index contributed by atoms with van der Waals surface area (Å²) in [5.41, 5.74) is 12.1. The minimum Gasteiger partial charge on any atom is -0.256 e. The molecular weight excluding hydrogens is 663 g/mol. The van der Waals surface area contributed by atoms with Gasteiger partial charge in [-0.25, -0.2) is 0 Å². The summed E-state index contributed by atoms with van der Waals surface area (Å²) in [6, 6.07) is 69.1. The summed E-state index contributed by atoms with van der Waals surface area (Å²) in [6.07, 6.45) is 1.97. The van der Waals surface area contributed by atoms with Crippen LogP contribution in [-0.4, -0.2) is 4.98 Å². The van der Waals surface area contributed by atoms with Gasteiger partial charge < -0.3 is 0 Å². The number of pyridine rings is 1. The third-order valence-corrected chi connectivity index (χ3v) is 11.6. The van der Waals surface area contributed by atoms with Crippen LogP contribution in [0, 0.1) is 6.92 Å². The van der Waals surface area contributed by atoms with Gasteiger partial charge in [-0.3, -0.25) is 4.98 Å². The molecule has 1 heteroatoms. The predicted molar refractivity (Wildman–Crippen MR) is 236 cm³/mol. The van der Waals surface area contributed by atoms with E-state index < -0.39 is 0 Å². The molecule has 0 aliphatic rings. The Labute approximate surface area is 319 Å². The molecule has 0 bridgehead atoms. The molecule has 0 N–H and O–H groups in total. The molecule has 0 saturated carbocycles. The molecule has 0 saturated heterocycles. The molecule has 10 aromatic carbocycles.